The van der Waals surface area contributed by atoms with Crippen molar-refractivity contribution < 1.29 is 14.2 Å². The maximum Gasteiger partial charge on any atom is 0.228 e. The van der Waals surface area contributed by atoms with Crippen molar-refractivity contribution in [2.45, 2.75) is 12.5 Å². The molecular formula is C30H25N3O3. The number of fused-ring (bicyclic) bond motifs is 4. The zero-order valence-electron chi connectivity index (χ0n) is 20.1. The molecule has 1 aromatic heterocycles. The molecule has 5 aromatic rings. The minimum atomic E-state index is -0.280. The molecule has 6 heteroatoms. The molecule has 4 aromatic carbocycles. The predicted octanol–water partition coefficient (Wildman–Crippen LogP) is 5.87. The molecule has 178 valence electrons. The number of hydrogen-bond acceptors (Lipinski definition) is 5. The molecule has 1 atom stereocenters. The van der Waals surface area contributed by atoms with Crippen molar-refractivity contribution in [3.05, 3.63) is 119 Å². The molecule has 0 saturated carbocycles. The van der Waals surface area contributed by atoms with Crippen LogP contribution in [0.4, 0.5) is 0 Å². The smallest absolute Gasteiger partial charge is 0.228 e. The highest BCUT2D eigenvalue weighted by molar-refractivity contribution is 5.90. The van der Waals surface area contributed by atoms with Crippen LogP contribution in [0.15, 0.2) is 91.3 Å². The molecule has 6 nitrogen and oxygen atoms in total. The zero-order valence-corrected chi connectivity index (χ0v) is 20.1. The van der Waals surface area contributed by atoms with Crippen molar-refractivity contribution in [1.29, 1.82) is 5.41 Å². The first-order valence-electron chi connectivity index (χ1n) is 11.8. The minimum absolute atomic E-state index is 0.280. The molecule has 0 fully saturated rings. The summed E-state index contributed by atoms with van der Waals surface area (Å²) in [6, 6.07) is 28.3. The fourth-order valence-electron chi connectivity index (χ4n) is 5.02. The van der Waals surface area contributed by atoms with E-state index in [9.17, 15) is 5.41 Å². The summed E-state index contributed by atoms with van der Waals surface area (Å²) in [5, 5.41) is 11.5. The normalized spacial score (nSPS) is 14.0. The lowest BCUT2D eigenvalue weighted by Gasteiger charge is -2.30. The van der Waals surface area contributed by atoms with Crippen LogP contribution in [0.1, 0.15) is 28.2 Å². The number of benzene rings is 4. The van der Waals surface area contributed by atoms with Gasteiger partial charge in [0, 0.05) is 11.5 Å². The van der Waals surface area contributed by atoms with Gasteiger partial charge in [-0.15, -0.1) is 0 Å². The van der Waals surface area contributed by atoms with Gasteiger partial charge >= 0.3 is 0 Å². The van der Waals surface area contributed by atoms with Crippen LogP contribution in [0.2, 0.25) is 0 Å². The van der Waals surface area contributed by atoms with E-state index in [1.807, 2.05) is 59.2 Å². The van der Waals surface area contributed by atoms with Crippen LogP contribution in [0.25, 0.3) is 10.8 Å². The lowest BCUT2D eigenvalue weighted by atomic mass is 9.81. The van der Waals surface area contributed by atoms with Crippen molar-refractivity contribution in [2.24, 2.45) is 0 Å². The van der Waals surface area contributed by atoms with Crippen molar-refractivity contribution in [3.63, 3.8) is 0 Å². The van der Waals surface area contributed by atoms with E-state index in [1.165, 1.54) is 0 Å². The fraction of sp³-hybridized carbons (Fsp3) is 0.133. The number of ether oxygens (including phenoxy) is 3. The van der Waals surface area contributed by atoms with E-state index in [4.69, 9.17) is 14.2 Å². The molecule has 0 unspecified atom stereocenters. The van der Waals surface area contributed by atoms with Gasteiger partial charge in [-0.2, -0.15) is 0 Å². The van der Waals surface area contributed by atoms with Crippen molar-refractivity contribution >= 4 is 10.8 Å². The number of methoxy groups -OCH3 is 2. The first kappa shape index (κ1) is 21.9. The van der Waals surface area contributed by atoms with E-state index in [2.05, 4.69) is 35.3 Å². The van der Waals surface area contributed by atoms with Gasteiger partial charge in [0.15, 0.2) is 11.5 Å². The second-order valence-corrected chi connectivity index (χ2v) is 8.77. The fourth-order valence-corrected chi connectivity index (χ4v) is 5.02. The van der Waals surface area contributed by atoms with Crippen LogP contribution in [0.3, 0.4) is 0 Å². The molecule has 36 heavy (non-hydrogen) atoms. The Labute approximate surface area is 208 Å². The maximum atomic E-state index is 9.27. The Morgan fingerprint density at radius 3 is 2.44 bits per heavy atom. The Bertz CT molecular complexity index is 1640. The quantitative estimate of drug-likeness (QED) is 0.339. The molecule has 1 aliphatic rings. The summed E-state index contributed by atoms with van der Waals surface area (Å²) in [7, 11) is 3.26. The summed E-state index contributed by atoms with van der Waals surface area (Å²) in [5.41, 5.74) is 4.18. The molecule has 0 bridgehead atoms. The Hall–Kier alpha value is -4.58. The predicted molar refractivity (Wildman–Crippen MR) is 138 cm³/mol. The SMILES string of the molecule is COc1ccc([C@H]2c3c(ncn(Cc4ccccc4)c3=N)Oc3ccc4ccccc4c32)cc1OC. The van der Waals surface area contributed by atoms with Gasteiger partial charge in [-0.3, -0.25) is 5.41 Å². The summed E-state index contributed by atoms with van der Waals surface area (Å²) in [6.45, 7) is 0.543. The van der Waals surface area contributed by atoms with Gasteiger partial charge in [-0.25, -0.2) is 4.98 Å². The van der Waals surface area contributed by atoms with E-state index >= 15 is 0 Å². The van der Waals surface area contributed by atoms with Crippen LogP contribution >= 0.6 is 0 Å². The van der Waals surface area contributed by atoms with Gasteiger partial charge in [0.05, 0.1) is 26.3 Å². The lowest BCUT2D eigenvalue weighted by Crippen LogP contribution is -2.30. The Morgan fingerprint density at radius 1 is 0.861 bits per heavy atom. The topological polar surface area (TPSA) is 69.4 Å². The molecule has 6 rings (SSSR count). The second kappa shape index (κ2) is 8.89. The Balaban J connectivity index is 1.61. The van der Waals surface area contributed by atoms with Gasteiger partial charge < -0.3 is 18.8 Å². The van der Waals surface area contributed by atoms with Crippen LogP contribution in [-0.4, -0.2) is 23.8 Å². The molecule has 1 N–H and O–H groups in total. The first-order chi connectivity index (χ1) is 17.7. The van der Waals surface area contributed by atoms with E-state index < -0.39 is 0 Å². The summed E-state index contributed by atoms with van der Waals surface area (Å²) in [4.78, 5) is 4.67. The molecule has 2 heterocycles. The average molecular weight is 476 g/mol. The van der Waals surface area contributed by atoms with Crippen molar-refractivity contribution in [2.75, 3.05) is 14.2 Å². The van der Waals surface area contributed by atoms with E-state index in [1.54, 1.807) is 20.5 Å². The molecule has 0 aliphatic carbocycles. The zero-order chi connectivity index (χ0) is 24.6. The molecule has 0 amide bonds. The minimum Gasteiger partial charge on any atom is -0.493 e. The standard InChI is InChI=1S/C30H25N3O3/c1-34-23-14-13-21(16-25(23)35-2)26-27-22-11-7-6-10-20(22)12-15-24(27)36-30-28(26)29(31)33(18-32-30)17-19-8-4-3-5-9-19/h3-16,18,26,31H,17H2,1-2H3/t26-/m1/s1. The van der Waals surface area contributed by atoms with E-state index in [-0.39, 0.29) is 5.92 Å². The molecule has 0 spiro atoms. The number of hydrogen-bond donors (Lipinski definition) is 1. The van der Waals surface area contributed by atoms with Gasteiger partial charge in [-0.05, 0) is 40.1 Å². The van der Waals surface area contributed by atoms with E-state index in [0.29, 0.717) is 29.4 Å². The molecular weight excluding hydrogens is 450 g/mol. The highest BCUT2D eigenvalue weighted by Crippen LogP contribution is 2.49. The number of aromatic nitrogens is 2. The summed E-state index contributed by atoms with van der Waals surface area (Å²) < 4.78 is 19.3. The number of rotatable bonds is 5. The monoisotopic (exact) mass is 475 g/mol. The lowest BCUT2D eigenvalue weighted by molar-refractivity contribution is 0.354. The highest BCUT2D eigenvalue weighted by Gasteiger charge is 2.34. The van der Waals surface area contributed by atoms with Gasteiger partial charge in [0.1, 0.15) is 17.6 Å². The third-order valence-corrected chi connectivity index (χ3v) is 6.74. The van der Waals surface area contributed by atoms with E-state index in [0.717, 1.165) is 38.8 Å². The second-order valence-electron chi connectivity index (χ2n) is 8.77. The largest absolute Gasteiger partial charge is 0.493 e. The first-order valence-corrected chi connectivity index (χ1v) is 11.8. The molecule has 1 aliphatic heterocycles. The maximum absolute atomic E-state index is 9.27. The Morgan fingerprint density at radius 2 is 1.64 bits per heavy atom. The number of nitrogens with one attached hydrogen (secondary N) is 1. The Kier molecular flexibility index (Phi) is 5.41. The summed E-state index contributed by atoms with van der Waals surface area (Å²) in [6.07, 6.45) is 1.69. The molecule has 0 radical (unpaired) electrons. The summed E-state index contributed by atoms with van der Waals surface area (Å²) >= 11 is 0. The van der Waals surface area contributed by atoms with Crippen LogP contribution in [0.5, 0.6) is 23.1 Å². The van der Waals surface area contributed by atoms with Gasteiger partial charge in [0.25, 0.3) is 0 Å². The number of nitrogens with zero attached hydrogens (tertiary/aromatic N) is 2. The summed E-state index contributed by atoms with van der Waals surface area (Å²) in [5.74, 6) is 2.21. The molecule has 0 saturated heterocycles. The van der Waals surface area contributed by atoms with Crippen LogP contribution < -0.4 is 19.7 Å². The van der Waals surface area contributed by atoms with Gasteiger partial charge in [-0.1, -0.05) is 66.7 Å². The van der Waals surface area contributed by atoms with Crippen LogP contribution in [-0.2, 0) is 6.54 Å². The highest BCUT2D eigenvalue weighted by atomic mass is 16.5. The van der Waals surface area contributed by atoms with Crippen molar-refractivity contribution in [3.8, 4) is 23.1 Å². The van der Waals surface area contributed by atoms with Crippen molar-refractivity contribution in [1.82, 2.24) is 9.55 Å². The van der Waals surface area contributed by atoms with Crippen LogP contribution in [0, 0.1) is 5.41 Å². The average Bonchev–Trinajstić information content (AvgIpc) is 2.93. The third kappa shape index (κ3) is 3.58. The third-order valence-electron chi connectivity index (χ3n) is 6.74. The van der Waals surface area contributed by atoms with Gasteiger partial charge in [0.2, 0.25) is 5.88 Å².